The number of aromatic amines is 1. The number of halogens is 1. The summed E-state index contributed by atoms with van der Waals surface area (Å²) in [6.45, 7) is 2.06. The SMILES string of the molecule is CCOC(=O)c1cc2cc(Br)ccc2n1C1(c2noc(=O)[nH]2)CC1. The Bertz CT molecular complexity index is 996. The van der Waals surface area contributed by atoms with Crippen molar-refractivity contribution in [1.29, 1.82) is 0 Å². The van der Waals surface area contributed by atoms with Crippen LogP contribution in [0.15, 0.2) is 38.1 Å². The number of benzene rings is 1. The van der Waals surface area contributed by atoms with E-state index >= 15 is 0 Å². The van der Waals surface area contributed by atoms with Gasteiger partial charge in [-0.2, -0.15) is 0 Å². The molecule has 7 nitrogen and oxygen atoms in total. The number of rotatable bonds is 4. The van der Waals surface area contributed by atoms with Crippen LogP contribution in [0.25, 0.3) is 10.9 Å². The van der Waals surface area contributed by atoms with Crippen LogP contribution in [-0.4, -0.2) is 27.3 Å². The zero-order chi connectivity index (χ0) is 16.9. The lowest BCUT2D eigenvalue weighted by molar-refractivity contribution is 0.0511. The highest BCUT2D eigenvalue weighted by atomic mass is 79.9. The Kier molecular flexibility index (Phi) is 3.38. The van der Waals surface area contributed by atoms with Crippen LogP contribution in [-0.2, 0) is 10.3 Å². The first-order valence-corrected chi connectivity index (χ1v) is 8.39. The molecule has 1 aromatic carbocycles. The second-order valence-electron chi connectivity index (χ2n) is 5.76. The summed E-state index contributed by atoms with van der Waals surface area (Å²) >= 11 is 3.45. The summed E-state index contributed by atoms with van der Waals surface area (Å²) in [4.78, 5) is 26.5. The summed E-state index contributed by atoms with van der Waals surface area (Å²) in [5.41, 5.74) is 0.734. The molecule has 1 N–H and O–H groups in total. The van der Waals surface area contributed by atoms with Gasteiger partial charge in [0.15, 0.2) is 5.82 Å². The molecule has 0 amide bonds. The quantitative estimate of drug-likeness (QED) is 0.690. The molecule has 0 unspecified atom stereocenters. The summed E-state index contributed by atoms with van der Waals surface area (Å²) in [5, 5.41) is 4.76. The number of nitrogens with one attached hydrogen (secondary N) is 1. The number of fused-ring (bicyclic) bond motifs is 1. The highest BCUT2D eigenvalue weighted by Crippen LogP contribution is 2.50. The minimum absolute atomic E-state index is 0.290. The van der Waals surface area contributed by atoms with Gasteiger partial charge in [0.05, 0.1) is 6.61 Å². The molecule has 24 heavy (non-hydrogen) atoms. The van der Waals surface area contributed by atoms with Crippen molar-refractivity contribution in [2.75, 3.05) is 6.61 Å². The summed E-state index contributed by atoms with van der Waals surface area (Å²) in [6, 6.07) is 7.59. The lowest BCUT2D eigenvalue weighted by Gasteiger charge is -2.18. The van der Waals surface area contributed by atoms with E-state index in [1.807, 2.05) is 22.8 Å². The fraction of sp³-hybridized carbons (Fsp3) is 0.312. The van der Waals surface area contributed by atoms with Crippen molar-refractivity contribution < 1.29 is 14.1 Å². The molecule has 1 aliphatic carbocycles. The molecule has 0 saturated heterocycles. The average molecular weight is 392 g/mol. The number of ether oxygens (including phenoxy) is 1. The third-order valence-corrected chi connectivity index (χ3v) is 4.77. The molecular formula is C16H14BrN3O4. The lowest BCUT2D eigenvalue weighted by Crippen LogP contribution is -2.25. The Morgan fingerprint density at radius 2 is 2.25 bits per heavy atom. The Morgan fingerprint density at radius 1 is 1.46 bits per heavy atom. The third kappa shape index (κ3) is 2.21. The van der Waals surface area contributed by atoms with Crippen LogP contribution in [0.4, 0.5) is 0 Å². The van der Waals surface area contributed by atoms with Gasteiger partial charge in [0.1, 0.15) is 11.2 Å². The van der Waals surface area contributed by atoms with Gasteiger partial charge < -0.3 is 9.30 Å². The second-order valence-corrected chi connectivity index (χ2v) is 6.68. The molecule has 1 saturated carbocycles. The summed E-state index contributed by atoms with van der Waals surface area (Å²) in [5.74, 6) is -0.575. The molecule has 0 radical (unpaired) electrons. The molecule has 2 aromatic heterocycles. The second kappa shape index (κ2) is 5.34. The smallest absolute Gasteiger partial charge is 0.438 e. The van der Waals surface area contributed by atoms with E-state index in [9.17, 15) is 9.59 Å². The number of hydrogen-bond donors (Lipinski definition) is 1. The maximum Gasteiger partial charge on any atom is 0.438 e. The number of nitrogens with zero attached hydrogens (tertiary/aromatic N) is 2. The third-order valence-electron chi connectivity index (χ3n) is 4.28. The van der Waals surface area contributed by atoms with Crippen molar-refractivity contribution in [2.45, 2.75) is 25.3 Å². The summed E-state index contributed by atoms with van der Waals surface area (Å²) in [6.07, 6.45) is 1.50. The largest absolute Gasteiger partial charge is 0.461 e. The van der Waals surface area contributed by atoms with E-state index < -0.39 is 17.3 Å². The van der Waals surface area contributed by atoms with Crippen LogP contribution in [0.5, 0.6) is 0 Å². The van der Waals surface area contributed by atoms with Crippen LogP contribution in [0, 0.1) is 0 Å². The summed E-state index contributed by atoms with van der Waals surface area (Å²) in [7, 11) is 0. The fourth-order valence-electron chi connectivity index (χ4n) is 3.12. The molecule has 0 spiro atoms. The molecule has 8 heteroatoms. The van der Waals surface area contributed by atoms with E-state index in [1.54, 1.807) is 13.0 Å². The van der Waals surface area contributed by atoms with Crippen molar-refractivity contribution in [1.82, 2.24) is 14.7 Å². The minimum atomic E-state index is -0.604. The van der Waals surface area contributed by atoms with Crippen molar-refractivity contribution in [3.63, 3.8) is 0 Å². The van der Waals surface area contributed by atoms with Gasteiger partial charge in [-0.05, 0) is 44.0 Å². The molecule has 1 aliphatic rings. The van der Waals surface area contributed by atoms with Crippen LogP contribution in [0.2, 0.25) is 0 Å². The standard InChI is InChI=1S/C16H14BrN3O4/c1-2-23-13(21)12-8-9-7-10(17)3-4-11(9)20(12)16(5-6-16)14-18-15(22)24-19-14/h3-4,7-8H,2,5-6H2,1H3,(H,18,19,22). The number of esters is 1. The van der Waals surface area contributed by atoms with Gasteiger partial charge in [-0.3, -0.25) is 9.51 Å². The van der Waals surface area contributed by atoms with Gasteiger partial charge in [0.2, 0.25) is 0 Å². The van der Waals surface area contributed by atoms with Crippen LogP contribution >= 0.6 is 15.9 Å². The van der Waals surface area contributed by atoms with E-state index in [4.69, 9.17) is 4.74 Å². The minimum Gasteiger partial charge on any atom is -0.461 e. The fourth-order valence-corrected chi connectivity index (χ4v) is 3.50. The molecule has 0 aliphatic heterocycles. The molecule has 0 bridgehead atoms. The predicted molar refractivity (Wildman–Crippen MR) is 89.0 cm³/mol. The molecular weight excluding hydrogens is 378 g/mol. The Labute approximate surface area is 144 Å². The van der Waals surface area contributed by atoms with Gasteiger partial charge in [-0.25, -0.2) is 9.59 Å². The normalized spacial score (nSPS) is 15.6. The van der Waals surface area contributed by atoms with Gasteiger partial charge in [-0.15, -0.1) is 0 Å². The monoisotopic (exact) mass is 391 g/mol. The van der Waals surface area contributed by atoms with E-state index in [1.165, 1.54) is 0 Å². The van der Waals surface area contributed by atoms with Gasteiger partial charge in [0.25, 0.3) is 0 Å². The maximum absolute atomic E-state index is 12.5. The van der Waals surface area contributed by atoms with Crippen molar-refractivity contribution in [3.05, 3.63) is 50.8 Å². The van der Waals surface area contributed by atoms with E-state index in [2.05, 4.69) is 30.6 Å². The first-order chi connectivity index (χ1) is 11.5. The molecule has 3 aromatic rings. The topological polar surface area (TPSA) is 90.1 Å². The van der Waals surface area contributed by atoms with Crippen LogP contribution < -0.4 is 5.76 Å². The Morgan fingerprint density at radius 3 is 2.88 bits per heavy atom. The van der Waals surface area contributed by atoms with E-state index in [0.717, 1.165) is 28.2 Å². The molecule has 1 fully saturated rings. The van der Waals surface area contributed by atoms with E-state index in [0.29, 0.717) is 11.5 Å². The Balaban J connectivity index is 1.97. The highest BCUT2D eigenvalue weighted by molar-refractivity contribution is 9.10. The van der Waals surface area contributed by atoms with Crippen LogP contribution in [0.3, 0.4) is 0 Å². The molecule has 4 rings (SSSR count). The molecule has 124 valence electrons. The van der Waals surface area contributed by atoms with E-state index in [-0.39, 0.29) is 6.61 Å². The molecule has 0 atom stereocenters. The van der Waals surface area contributed by atoms with Gasteiger partial charge >= 0.3 is 11.7 Å². The Hall–Kier alpha value is -2.35. The average Bonchev–Trinajstić information content (AvgIpc) is 3.07. The number of aromatic nitrogens is 3. The zero-order valence-corrected chi connectivity index (χ0v) is 14.4. The number of hydrogen-bond acceptors (Lipinski definition) is 5. The number of carbonyl (C=O) groups is 1. The maximum atomic E-state index is 12.5. The van der Waals surface area contributed by atoms with Crippen molar-refractivity contribution in [3.8, 4) is 0 Å². The summed E-state index contributed by atoms with van der Waals surface area (Å²) < 4.78 is 12.7. The van der Waals surface area contributed by atoms with Gasteiger partial charge in [0, 0.05) is 15.4 Å². The first-order valence-electron chi connectivity index (χ1n) is 7.60. The van der Waals surface area contributed by atoms with Gasteiger partial charge in [-0.1, -0.05) is 21.1 Å². The van der Waals surface area contributed by atoms with Crippen LogP contribution in [0.1, 0.15) is 36.1 Å². The number of carbonyl (C=O) groups excluding carboxylic acids is 1. The zero-order valence-electron chi connectivity index (χ0n) is 12.8. The van der Waals surface area contributed by atoms with Crippen molar-refractivity contribution >= 4 is 32.8 Å². The molecule has 2 heterocycles. The number of H-pyrrole nitrogens is 1. The van der Waals surface area contributed by atoms with Crippen molar-refractivity contribution in [2.24, 2.45) is 0 Å². The first kappa shape index (κ1) is 15.2. The lowest BCUT2D eigenvalue weighted by atomic mass is 10.2. The highest BCUT2D eigenvalue weighted by Gasteiger charge is 2.52. The predicted octanol–water partition coefficient (Wildman–Crippen LogP) is 2.79.